The Morgan fingerprint density at radius 3 is 2.86 bits per heavy atom. The van der Waals surface area contributed by atoms with Crippen LogP contribution in [0, 0.1) is 0 Å². The van der Waals surface area contributed by atoms with Gasteiger partial charge in [0.25, 0.3) is 5.91 Å². The Labute approximate surface area is 130 Å². The molecular weight excluding hydrogens is 286 g/mol. The van der Waals surface area contributed by atoms with Gasteiger partial charge in [-0.2, -0.15) is 0 Å². The van der Waals surface area contributed by atoms with Crippen molar-refractivity contribution >= 4 is 28.2 Å². The topological polar surface area (TPSA) is 74.5 Å². The van der Waals surface area contributed by atoms with Crippen LogP contribution in [0.4, 0.5) is 10.9 Å². The molecule has 1 aliphatic rings. The van der Waals surface area contributed by atoms with E-state index in [0.717, 1.165) is 44.3 Å². The summed E-state index contributed by atoms with van der Waals surface area (Å²) in [4.78, 5) is 21.7. The summed E-state index contributed by atoms with van der Waals surface area (Å²) in [7, 11) is 0. The number of amides is 1. The molecule has 2 rings (SSSR count). The minimum atomic E-state index is 0.0113. The maximum absolute atomic E-state index is 12.6. The molecule has 1 aromatic heterocycles. The lowest BCUT2D eigenvalue weighted by atomic mass is 10.2. The Balaban J connectivity index is 2.05. The summed E-state index contributed by atoms with van der Waals surface area (Å²) in [5.41, 5.74) is 5.91. The summed E-state index contributed by atoms with van der Waals surface area (Å²) in [5.74, 6) is 0.353. The monoisotopic (exact) mass is 311 g/mol. The van der Waals surface area contributed by atoms with Crippen molar-refractivity contribution in [2.75, 3.05) is 43.8 Å². The highest BCUT2D eigenvalue weighted by atomic mass is 32.1. The van der Waals surface area contributed by atoms with E-state index in [1.807, 2.05) is 4.90 Å². The van der Waals surface area contributed by atoms with Gasteiger partial charge in [-0.15, -0.1) is 0 Å². The predicted octanol–water partition coefficient (Wildman–Crippen LogP) is 1.71. The van der Waals surface area contributed by atoms with Crippen molar-refractivity contribution in [1.82, 2.24) is 14.8 Å². The number of nitrogens with one attached hydrogen (secondary N) is 1. The van der Waals surface area contributed by atoms with Crippen LogP contribution in [0.1, 0.15) is 36.9 Å². The molecule has 21 heavy (non-hydrogen) atoms. The van der Waals surface area contributed by atoms with Gasteiger partial charge in [-0.25, -0.2) is 4.98 Å². The van der Waals surface area contributed by atoms with Gasteiger partial charge >= 0.3 is 0 Å². The minimum Gasteiger partial charge on any atom is -0.382 e. The van der Waals surface area contributed by atoms with E-state index in [2.05, 4.69) is 36.0 Å². The van der Waals surface area contributed by atoms with E-state index in [4.69, 9.17) is 5.73 Å². The van der Waals surface area contributed by atoms with E-state index in [1.54, 1.807) is 0 Å². The molecule has 0 aliphatic carbocycles. The van der Waals surface area contributed by atoms with E-state index in [-0.39, 0.29) is 5.91 Å². The number of nitrogens with zero attached hydrogens (tertiary/aromatic N) is 3. The number of hydrogen-bond donors (Lipinski definition) is 2. The number of nitrogen functional groups attached to an aromatic ring is 1. The quantitative estimate of drug-likeness (QED) is 0.866. The van der Waals surface area contributed by atoms with Crippen LogP contribution >= 0.6 is 11.3 Å². The van der Waals surface area contributed by atoms with Crippen LogP contribution in [0.3, 0.4) is 0 Å². The zero-order chi connectivity index (χ0) is 15.4. The Hall–Kier alpha value is -1.34. The second kappa shape index (κ2) is 7.09. The molecule has 2 heterocycles. The zero-order valence-corrected chi connectivity index (χ0v) is 13.9. The number of nitrogens with two attached hydrogens (primary N) is 1. The van der Waals surface area contributed by atoms with Crippen molar-refractivity contribution < 1.29 is 4.79 Å². The van der Waals surface area contributed by atoms with Gasteiger partial charge in [-0.3, -0.25) is 9.69 Å². The number of anilines is 2. The Kier molecular flexibility index (Phi) is 5.41. The lowest BCUT2D eigenvalue weighted by Gasteiger charge is -2.39. The molecule has 118 valence electrons. The first-order chi connectivity index (χ1) is 10.1. The van der Waals surface area contributed by atoms with Crippen LogP contribution in [0.15, 0.2) is 0 Å². The number of rotatable bonds is 5. The predicted molar refractivity (Wildman–Crippen MR) is 87.9 cm³/mol. The number of carbonyl (C=O) groups excluding carboxylic acids is 1. The highest BCUT2D eigenvalue weighted by Crippen LogP contribution is 2.27. The van der Waals surface area contributed by atoms with Gasteiger partial charge in [0.2, 0.25) is 0 Å². The fraction of sp³-hybridized carbons (Fsp3) is 0.714. The first kappa shape index (κ1) is 16.0. The lowest BCUT2D eigenvalue weighted by Crippen LogP contribution is -2.53. The number of aromatic nitrogens is 1. The summed E-state index contributed by atoms with van der Waals surface area (Å²) < 4.78 is 0. The molecule has 7 heteroatoms. The van der Waals surface area contributed by atoms with Gasteiger partial charge in [-0.05, 0) is 19.9 Å². The molecule has 1 fully saturated rings. The molecule has 0 aromatic carbocycles. The van der Waals surface area contributed by atoms with Crippen molar-refractivity contribution in [3.05, 3.63) is 4.88 Å². The maximum atomic E-state index is 12.6. The molecule has 0 bridgehead atoms. The molecular formula is C14H25N5OS. The third-order valence-corrected chi connectivity index (χ3v) is 4.85. The largest absolute Gasteiger partial charge is 0.382 e. The van der Waals surface area contributed by atoms with Crippen molar-refractivity contribution in [3.63, 3.8) is 0 Å². The zero-order valence-electron chi connectivity index (χ0n) is 13.1. The van der Waals surface area contributed by atoms with Crippen molar-refractivity contribution in [2.45, 2.75) is 33.2 Å². The molecule has 1 unspecified atom stereocenters. The number of hydrogen-bond acceptors (Lipinski definition) is 6. The molecule has 6 nitrogen and oxygen atoms in total. The van der Waals surface area contributed by atoms with Crippen LogP contribution in [-0.4, -0.2) is 59.5 Å². The fourth-order valence-corrected chi connectivity index (χ4v) is 3.46. The van der Waals surface area contributed by atoms with Crippen LogP contribution in [-0.2, 0) is 0 Å². The van der Waals surface area contributed by atoms with E-state index < -0.39 is 0 Å². The summed E-state index contributed by atoms with van der Waals surface area (Å²) in [5, 5.41) is 3.92. The first-order valence-corrected chi connectivity index (χ1v) is 8.41. The molecule has 0 radical (unpaired) electrons. The molecule has 0 spiro atoms. The maximum Gasteiger partial charge on any atom is 0.267 e. The van der Waals surface area contributed by atoms with Crippen molar-refractivity contribution in [1.29, 1.82) is 0 Å². The number of likely N-dealkylation sites (N-methyl/N-ethyl adjacent to an activating group) is 1. The van der Waals surface area contributed by atoms with E-state index in [9.17, 15) is 4.79 Å². The van der Waals surface area contributed by atoms with Gasteiger partial charge in [0.15, 0.2) is 5.13 Å². The summed E-state index contributed by atoms with van der Waals surface area (Å²) in [6, 6.07) is 0.388. The first-order valence-electron chi connectivity index (χ1n) is 7.60. The smallest absolute Gasteiger partial charge is 0.267 e. The van der Waals surface area contributed by atoms with Crippen LogP contribution in [0.25, 0.3) is 0 Å². The molecule has 1 aliphatic heterocycles. The van der Waals surface area contributed by atoms with Gasteiger partial charge in [0.1, 0.15) is 10.7 Å². The average molecular weight is 311 g/mol. The minimum absolute atomic E-state index is 0.0113. The SMILES string of the molecule is CCCNc1nc(N)c(C(=O)N2CCN(CC)C(C)C2)s1. The van der Waals surface area contributed by atoms with Crippen molar-refractivity contribution in [2.24, 2.45) is 0 Å². The summed E-state index contributed by atoms with van der Waals surface area (Å²) in [6.07, 6.45) is 1.01. The molecule has 3 N–H and O–H groups in total. The number of piperazine rings is 1. The van der Waals surface area contributed by atoms with E-state index in [0.29, 0.717) is 16.7 Å². The molecule has 1 atom stereocenters. The van der Waals surface area contributed by atoms with Gasteiger partial charge in [-0.1, -0.05) is 25.2 Å². The van der Waals surface area contributed by atoms with Crippen molar-refractivity contribution in [3.8, 4) is 0 Å². The number of carbonyl (C=O) groups is 1. The van der Waals surface area contributed by atoms with Gasteiger partial charge in [0, 0.05) is 32.2 Å². The molecule has 0 saturated carbocycles. The highest BCUT2D eigenvalue weighted by Gasteiger charge is 2.28. The fourth-order valence-electron chi connectivity index (χ4n) is 2.59. The summed E-state index contributed by atoms with van der Waals surface area (Å²) in [6.45, 7) is 10.7. The highest BCUT2D eigenvalue weighted by molar-refractivity contribution is 7.18. The van der Waals surface area contributed by atoms with E-state index >= 15 is 0 Å². The number of thiazole rings is 1. The Bertz CT molecular complexity index is 490. The van der Waals surface area contributed by atoms with Crippen LogP contribution in [0.2, 0.25) is 0 Å². The van der Waals surface area contributed by atoms with Crippen LogP contribution in [0.5, 0.6) is 0 Å². The normalized spacial score (nSPS) is 19.8. The molecule has 1 aromatic rings. The third-order valence-electron chi connectivity index (χ3n) is 3.83. The average Bonchev–Trinajstić information content (AvgIpc) is 2.85. The Morgan fingerprint density at radius 2 is 2.24 bits per heavy atom. The lowest BCUT2D eigenvalue weighted by molar-refractivity contribution is 0.0533. The van der Waals surface area contributed by atoms with Gasteiger partial charge < -0.3 is 16.0 Å². The second-order valence-corrected chi connectivity index (χ2v) is 6.39. The second-order valence-electron chi connectivity index (χ2n) is 5.39. The standard InChI is InChI=1S/C14H25N5OS/c1-4-6-16-14-17-12(15)11(21-14)13(20)19-8-7-18(5-2)10(3)9-19/h10H,4-9,15H2,1-3H3,(H,16,17). The third kappa shape index (κ3) is 3.65. The molecule has 1 saturated heterocycles. The summed E-state index contributed by atoms with van der Waals surface area (Å²) >= 11 is 1.36. The van der Waals surface area contributed by atoms with Gasteiger partial charge in [0.05, 0.1) is 0 Å². The Morgan fingerprint density at radius 1 is 1.48 bits per heavy atom. The van der Waals surface area contributed by atoms with E-state index in [1.165, 1.54) is 11.3 Å². The van der Waals surface area contributed by atoms with Crippen LogP contribution < -0.4 is 11.1 Å². The molecule has 1 amide bonds.